The third-order valence-corrected chi connectivity index (χ3v) is 2.50. The Morgan fingerprint density at radius 3 is 2.94 bits per heavy atom. The number of ether oxygens (including phenoxy) is 1. The summed E-state index contributed by atoms with van der Waals surface area (Å²) in [5, 5.41) is 7.12. The zero-order valence-electron chi connectivity index (χ0n) is 10.6. The SMILES string of the molecule is CCOc1cccc(NCc2cc(C)on2)c1N. The third-order valence-electron chi connectivity index (χ3n) is 2.50. The average Bonchev–Trinajstić information content (AvgIpc) is 2.77. The van der Waals surface area contributed by atoms with Crippen molar-refractivity contribution in [1.82, 2.24) is 5.16 Å². The molecule has 1 aromatic heterocycles. The van der Waals surface area contributed by atoms with Gasteiger partial charge in [-0.15, -0.1) is 0 Å². The minimum Gasteiger partial charge on any atom is -0.492 e. The lowest BCUT2D eigenvalue weighted by molar-refractivity contribution is 0.342. The molecule has 0 spiro atoms. The van der Waals surface area contributed by atoms with E-state index in [-0.39, 0.29) is 0 Å². The number of hydrogen-bond donors (Lipinski definition) is 2. The van der Waals surface area contributed by atoms with Crippen LogP contribution in [0.15, 0.2) is 28.8 Å². The quantitative estimate of drug-likeness (QED) is 0.794. The summed E-state index contributed by atoms with van der Waals surface area (Å²) in [6, 6.07) is 7.54. The van der Waals surface area contributed by atoms with E-state index in [1.54, 1.807) is 0 Å². The lowest BCUT2D eigenvalue weighted by Gasteiger charge is -2.12. The van der Waals surface area contributed by atoms with Crippen LogP contribution in [0.1, 0.15) is 18.4 Å². The summed E-state index contributed by atoms with van der Waals surface area (Å²) >= 11 is 0. The number of benzene rings is 1. The van der Waals surface area contributed by atoms with Crippen LogP contribution in [0.25, 0.3) is 0 Å². The highest BCUT2D eigenvalue weighted by atomic mass is 16.5. The highest BCUT2D eigenvalue weighted by Gasteiger charge is 2.06. The summed E-state index contributed by atoms with van der Waals surface area (Å²) in [7, 11) is 0. The van der Waals surface area contributed by atoms with E-state index in [0.717, 1.165) is 17.1 Å². The normalized spacial score (nSPS) is 10.3. The minimum atomic E-state index is 0.567. The maximum atomic E-state index is 6.01. The second kappa shape index (κ2) is 5.44. The van der Waals surface area contributed by atoms with Gasteiger partial charge >= 0.3 is 0 Å². The smallest absolute Gasteiger partial charge is 0.144 e. The number of nitrogens with one attached hydrogen (secondary N) is 1. The number of para-hydroxylation sites is 1. The molecule has 0 amide bonds. The number of hydrogen-bond acceptors (Lipinski definition) is 5. The summed E-state index contributed by atoms with van der Waals surface area (Å²) in [5.41, 5.74) is 8.29. The van der Waals surface area contributed by atoms with E-state index in [2.05, 4.69) is 10.5 Å². The standard InChI is InChI=1S/C13H17N3O2/c1-3-17-12-6-4-5-11(13(12)14)15-8-10-7-9(2)18-16-10/h4-7,15H,3,8,14H2,1-2H3. The van der Waals surface area contributed by atoms with Gasteiger partial charge < -0.3 is 20.3 Å². The van der Waals surface area contributed by atoms with Crippen LogP contribution in [0.2, 0.25) is 0 Å². The van der Waals surface area contributed by atoms with Gasteiger partial charge in [0.05, 0.1) is 24.5 Å². The molecular weight excluding hydrogens is 230 g/mol. The van der Waals surface area contributed by atoms with E-state index >= 15 is 0 Å². The van der Waals surface area contributed by atoms with Gasteiger partial charge in [0.15, 0.2) is 0 Å². The van der Waals surface area contributed by atoms with Crippen LogP contribution >= 0.6 is 0 Å². The van der Waals surface area contributed by atoms with Crippen molar-refractivity contribution in [2.24, 2.45) is 0 Å². The molecule has 0 aliphatic heterocycles. The molecule has 3 N–H and O–H groups in total. The van der Waals surface area contributed by atoms with E-state index in [0.29, 0.717) is 24.6 Å². The van der Waals surface area contributed by atoms with Gasteiger partial charge in [0.1, 0.15) is 17.2 Å². The Hall–Kier alpha value is -2.17. The third kappa shape index (κ3) is 2.74. The topological polar surface area (TPSA) is 73.3 Å². The molecule has 0 fully saturated rings. The Morgan fingerprint density at radius 2 is 2.28 bits per heavy atom. The van der Waals surface area contributed by atoms with Crippen LogP contribution in [-0.4, -0.2) is 11.8 Å². The van der Waals surface area contributed by atoms with E-state index in [4.69, 9.17) is 15.0 Å². The molecule has 0 bridgehead atoms. The zero-order valence-corrected chi connectivity index (χ0v) is 10.6. The van der Waals surface area contributed by atoms with Crippen LogP contribution in [0.5, 0.6) is 5.75 Å². The molecule has 0 saturated carbocycles. The van der Waals surface area contributed by atoms with E-state index < -0.39 is 0 Å². The number of rotatable bonds is 5. The first kappa shape index (κ1) is 12.3. The molecule has 0 atom stereocenters. The van der Waals surface area contributed by atoms with Crippen molar-refractivity contribution in [3.63, 3.8) is 0 Å². The van der Waals surface area contributed by atoms with Gasteiger partial charge in [-0.25, -0.2) is 0 Å². The number of anilines is 2. The van der Waals surface area contributed by atoms with Gasteiger partial charge in [0, 0.05) is 6.07 Å². The lowest BCUT2D eigenvalue weighted by Crippen LogP contribution is -2.04. The predicted molar refractivity (Wildman–Crippen MR) is 70.6 cm³/mol. The van der Waals surface area contributed by atoms with Gasteiger partial charge in [-0.1, -0.05) is 11.2 Å². The number of aryl methyl sites for hydroxylation is 1. The maximum absolute atomic E-state index is 6.01. The van der Waals surface area contributed by atoms with Crippen LogP contribution < -0.4 is 15.8 Å². The van der Waals surface area contributed by atoms with E-state index in [1.165, 1.54) is 0 Å². The Bertz CT molecular complexity index is 523. The minimum absolute atomic E-state index is 0.567. The fourth-order valence-electron chi connectivity index (χ4n) is 1.67. The van der Waals surface area contributed by atoms with Crippen LogP contribution in [0.3, 0.4) is 0 Å². The maximum Gasteiger partial charge on any atom is 0.144 e. The van der Waals surface area contributed by atoms with E-state index in [1.807, 2.05) is 38.1 Å². The first-order valence-corrected chi connectivity index (χ1v) is 5.88. The lowest BCUT2D eigenvalue weighted by atomic mass is 10.2. The van der Waals surface area contributed by atoms with E-state index in [9.17, 15) is 0 Å². The van der Waals surface area contributed by atoms with Crippen molar-refractivity contribution < 1.29 is 9.26 Å². The summed E-state index contributed by atoms with van der Waals surface area (Å²) < 4.78 is 10.4. The molecule has 0 radical (unpaired) electrons. The first-order chi connectivity index (χ1) is 8.70. The number of nitrogens with two attached hydrogens (primary N) is 1. The van der Waals surface area contributed by atoms with Crippen molar-refractivity contribution in [3.8, 4) is 5.75 Å². The Labute approximate surface area is 106 Å². The molecule has 0 saturated heterocycles. The molecule has 2 aromatic rings. The van der Waals surface area contributed by atoms with Gasteiger partial charge in [-0.2, -0.15) is 0 Å². The molecule has 2 rings (SSSR count). The van der Waals surface area contributed by atoms with Crippen molar-refractivity contribution >= 4 is 11.4 Å². The van der Waals surface area contributed by atoms with Gasteiger partial charge in [-0.05, 0) is 26.0 Å². The van der Waals surface area contributed by atoms with Crippen LogP contribution in [0, 0.1) is 6.92 Å². The summed E-state index contributed by atoms with van der Waals surface area (Å²) in [6.45, 7) is 4.95. The number of nitrogens with zero attached hydrogens (tertiary/aromatic N) is 1. The molecule has 96 valence electrons. The average molecular weight is 247 g/mol. The van der Waals surface area contributed by atoms with Crippen LogP contribution in [-0.2, 0) is 6.54 Å². The Morgan fingerprint density at radius 1 is 1.44 bits per heavy atom. The largest absolute Gasteiger partial charge is 0.492 e. The van der Waals surface area contributed by atoms with Crippen LogP contribution in [0.4, 0.5) is 11.4 Å². The second-order valence-electron chi connectivity index (χ2n) is 3.93. The Kier molecular flexibility index (Phi) is 3.72. The van der Waals surface area contributed by atoms with Crippen molar-refractivity contribution in [2.75, 3.05) is 17.7 Å². The van der Waals surface area contributed by atoms with Crippen molar-refractivity contribution in [3.05, 3.63) is 35.7 Å². The highest BCUT2D eigenvalue weighted by Crippen LogP contribution is 2.29. The zero-order chi connectivity index (χ0) is 13.0. The molecule has 18 heavy (non-hydrogen) atoms. The fourth-order valence-corrected chi connectivity index (χ4v) is 1.67. The predicted octanol–water partition coefficient (Wildman–Crippen LogP) is 2.58. The van der Waals surface area contributed by atoms with Gasteiger partial charge in [0.2, 0.25) is 0 Å². The molecule has 1 aromatic carbocycles. The summed E-state index contributed by atoms with van der Waals surface area (Å²) in [4.78, 5) is 0. The second-order valence-corrected chi connectivity index (χ2v) is 3.93. The molecule has 1 heterocycles. The number of aromatic nitrogens is 1. The number of nitrogen functional groups attached to an aromatic ring is 1. The Balaban J connectivity index is 2.07. The molecule has 0 unspecified atom stereocenters. The highest BCUT2D eigenvalue weighted by molar-refractivity contribution is 5.72. The summed E-state index contributed by atoms with van der Waals surface area (Å²) in [6.07, 6.45) is 0. The summed E-state index contributed by atoms with van der Waals surface area (Å²) in [5.74, 6) is 1.49. The molecule has 0 aliphatic rings. The molecule has 5 nitrogen and oxygen atoms in total. The monoisotopic (exact) mass is 247 g/mol. The molecule has 0 aliphatic carbocycles. The van der Waals surface area contributed by atoms with Gasteiger partial charge in [0.25, 0.3) is 0 Å². The van der Waals surface area contributed by atoms with Crippen molar-refractivity contribution in [1.29, 1.82) is 0 Å². The fraction of sp³-hybridized carbons (Fsp3) is 0.308. The first-order valence-electron chi connectivity index (χ1n) is 5.88. The molecule has 5 heteroatoms. The molecular formula is C13H17N3O2. The van der Waals surface area contributed by atoms with Gasteiger partial charge in [-0.3, -0.25) is 0 Å². The van der Waals surface area contributed by atoms with Crippen molar-refractivity contribution in [2.45, 2.75) is 20.4 Å².